The van der Waals surface area contributed by atoms with E-state index in [-0.39, 0.29) is 16.8 Å². The molecule has 0 heterocycles. The largest absolute Gasteiger partial charge is 0.352 e. The fourth-order valence-electron chi connectivity index (χ4n) is 1.76. The normalized spacial score (nSPS) is 13.7. The number of benzene rings is 1. The summed E-state index contributed by atoms with van der Waals surface area (Å²) < 4.78 is 26.9. The maximum absolute atomic E-state index is 12.2. The van der Waals surface area contributed by atoms with Gasteiger partial charge in [-0.15, -0.1) is 0 Å². The smallest absolute Gasteiger partial charge is 0.251 e. The summed E-state index contributed by atoms with van der Waals surface area (Å²) in [6.07, 6.45) is 0.688. The molecule has 0 aliphatic heterocycles. The minimum absolute atomic E-state index is 0.0243. The second-order valence-electron chi connectivity index (χ2n) is 6.40. The van der Waals surface area contributed by atoms with E-state index in [0.717, 1.165) is 0 Å². The number of sulfonamides is 1. The van der Waals surface area contributed by atoms with Crippen molar-refractivity contribution in [2.45, 2.75) is 50.6 Å². The predicted molar refractivity (Wildman–Crippen MR) is 87.1 cm³/mol. The Morgan fingerprint density at radius 1 is 1.23 bits per heavy atom. The van der Waals surface area contributed by atoms with E-state index in [1.807, 2.05) is 6.92 Å². The lowest BCUT2D eigenvalue weighted by Crippen LogP contribution is -2.40. The number of rotatable bonds is 6. The van der Waals surface area contributed by atoms with E-state index in [2.05, 4.69) is 10.0 Å². The lowest BCUT2D eigenvalue weighted by Gasteiger charge is -2.20. The molecule has 1 unspecified atom stereocenters. The quantitative estimate of drug-likeness (QED) is 0.731. The van der Waals surface area contributed by atoms with Crippen molar-refractivity contribution in [3.05, 3.63) is 29.8 Å². The molecule has 0 aliphatic rings. The summed E-state index contributed by atoms with van der Waals surface area (Å²) in [5, 5.41) is 2.74. The molecule has 0 aliphatic carbocycles. The van der Waals surface area contributed by atoms with Gasteiger partial charge in [-0.1, -0.05) is 0 Å². The number of carbonyl (C=O) groups excluding carboxylic acids is 1. The molecular weight excluding hydrogens is 302 g/mol. The highest BCUT2D eigenvalue weighted by atomic mass is 32.2. The van der Waals surface area contributed by atoms with Crippen molar-refractivity contribution in [2.75, 3.05) is 6.54 Å². The van der Waals surface area contributed by atoms with E-state index in [4.69, 9.17) is 5.73 Å². The van der Waals surface area contributed by atoms with Crippen molar-refractivity contribution in [3.8, 4) is 0 Å². The first kappa shape index (κ1) is 18.6. The maximum Gasteiger partial charge on any atom is 0.251 e. The van der Waals surface area contributed by atoms with Gasteiger partial charge in [0.05, 0.1) is 4.90 Å². The Labute approximate surface area is 132 Å². The van der Waals surface area contributed by atoms with Crippen LogP contribution in [-0.4, -0.2) is 32.5 Å². The number of hydrogen-bond donors (Lipinski definition) is 3. The van der Waals surface area contributed by atoms with Gasteiger partial charge in [-0.05, 0) is 58.4 Å². The van der Waals surface area contributed by atoms with E-state index in [0.29, 0.717) is 18.5 Å². The molecule has 0 radical (unpaired) electrons. The van der Waals surface area contributed by atoms with Crippen LogP contribution in [0.1, 0.15) is 44.5 Å². The lowest BCUT2D eigenvalue weighted by atomic mass is 10.1. The zero-order chi connectivity index (χ0) is 17.0. The van der Waals surface area contributed by atoms with Crippen molar-refractivity contribution >= 4 is 15.9 Å². The fourth-order valence-corrected chi connectivity index (χ4v) is 3.18. The Bertz CT molecular complexity index is 602. The standard InChI is InChI=1S/C15H25N3O3S/c1-11(16)9-10-17-14(19)12-5-7-13(8-6-12)22(20,21)18-15(2,3)4/h5-8,11,18H,9-10,16H2,1-4H3,(H,17,19). The van der Waals surface area contributed by atoms with Crippen LogP contribution in [0.2, 0.25) is 0 Å². The predicted octanol–water partition coefficient (Wildman–Crippen LogP) is 1.23. The van der Waals surface area contributed by atoms with Gasteiger partial charge in [0.25, 0.3) is 5.91 Å². The monoisotopic (exact) mass is 327 g/mol. The van der Waals surface area contributed by atoms with Crippen LogP contribution in [0.5, 0.6) is 0 Å². The van der Waals surface area contributed by atoms with Crippen molar-refractivity contribution in [3.63, 3.8) is 0 Å². The van der Waals surface area contributed by atoms with E-state index >= 15 is 0 Å². The molecular formula is C15H25N3O3S. The number of nitrogens with two attached hydrogens (primary N) is 1. The van der Waals surface area contributed by atoms with E-state index in [1.165, 1.54) is 24.3 Å². The Hall–Kier alpha value is -1.44. The van der Waals surface area contributed by atoms with Crippen molar-refractivity contribution < 1.29 is 13.2 Å². The van der Waals surface area contributed by atoms with Crippen LogP contribution in [0.15, 0.2) is 29.2 Å². The summed E-state index contributed by atoms with van der Waals surface area (Å²) in [4.78, 5) is 12.0. The van der Waals surface area contributed by atoms with Crippen LogP contribution in [0.25, 0.3) is 0 Å². The van der Waals surface area contributed by atoms with Crippen LogP contribution < -0.4 is 15.8 Å². The van der Waals surface area contributed by atoms with Gasteiger partial charge in [0.2, 0.25) is 10.0 Å². The molecule has 1 rings (SSSR count). The Balaban J connectivity index is 2.76. The van der Waals surface area contributed by atoms with Gasteiger partial charge >= 0.3 is 0 Å². The van der Waals surface area contributed by atoms with Gasteiger partial charge in [0.1, 0.15) is 0 Å². The van der Waals surface area contributed by atoms with Gasteiger partial charge in [-0.25, -0.2) is 13.1 Å². The number of carbonyl (C=O) groups is 1. The van der Waals surface area contributed by atoms with Crippen LogP contribution in [0.3, 0.4) is 0 Å². The van der Waals surface area contributed by atoms with Crippen molar-refractivity contribution in [1.82, 2.24) is 10.0 Å². The van der Waals surface area contributed by atoms with E-state index in [1.54, 1.807) is 20.8 Å². The molecule has 6 nitrogen and oxygen atoms in total. The summed E-state index contributed by atoms with van der Waals surface area (Å²) >= 11 is 0. The highest BCUT2D eigenvalue weighted by Gasteiger charge is 2.22. The van der Waals surface area contributed by atoms with Gasteiger partial charge in [-0.2, -0.15) is 0 Å². The van der Waals surface area contributed by atoms with Gasteiger partial charge in [-0.3, -0.25) is 4.79 Å². The van der Waals surface area contributed by atoms with Crippen molar-refractivity contribution in [1.29, 1.82) is 0 Å². The topological polar surface area (TPSA) is 101 Å². The maximum atomic E-state index is 12.2. The Morgan fingerprint density at radius 2 is 1.77 bits per heavy atom. The molecule has 0 saturated heterocycles. The van der Waals surface area contributed by atoms with Gasteiger partial charge in [0.15, 0.2) is 0 Å². The third-order valence-electron chi connectivity index (χ3n) is 2.75. The summed E-state index contributed by atoms with van der Waals surface area (Å²) in [6.45, 7) is 7.66. The molecule has 0 bridgehead atoms. The third kappa shape index (κ3) is 6.13. The van der Waals surface area contributed by atoms with E-state index < -0.39 is 15.6 Å². The molecule has 1 aromatic rings. The van der Waals surface area contributed by atoms with Crippen LogP contribution >= 0.6 is 0 Å². The van der Waals surface area contributed by atoms with Crippen LogP contribution in [-0.2, 0) is 10.0 Å². The first-order valence-electron chi connectivity index (χ1n) is 7.19. The molecule has 0 saturated carbocycles. The van der Waals surface area contributed by atoms with Gasteiger partial charge < -0.3 is 11.1 Å². The first-order chi connectivity index (χ1) is 10.0. The number of amides is 1. The second kappa shape index (κ2) is 7.21. The molecule has 0 fully saturated rings. The minimum atomic E-state index is -3.59. The van der Waals surface area contributed by atoms with E-state index in [9.17, 15) is 13.2 Å². The summed E-state index contributed by atoms with van der Waals surface area (Å²) in [5.41, 5.74) is 5.46. The summed E-state index contributed by atoms with van der Waals surface area (Å²) in [5.74, 6) is -0.242. The zero-order valence-corrected chi connectivity index (χ0v) is 14.3. The fraction of sp³-hybridized carbons (Fsp3) is 0.533. The minimum Gasteiger partial charge on any atom is -0.352 e. The molecule has 7 heteroatoms. The molecule has 0 aromatic heterocycles. The highest BCUT2D eigenvalue weighted by Crippen LogP contribution is 2.13. The second-order valence-corrected chi connectivity index (χ2v) is 8.08. The molecule has 124 valence electrons. The first-order valence-corrected chi connectivity index (χ1v) is 8.67. The molecule has 4 N–H and O–H groups in total. The molecule has 1 amide bonds. The number of nitrogens with one attached hydrogen (secondary N) is 2. The summed E-state index contributed by atoms with van der Waals surface area (Å²) in [7, 11) is -3.59. The molecule has 0 spiro atoms. The Kier molecular flexibility index (Phi) is 6.10. The average Bonchev–Trinajstić information content (AvgIpc) is 2.35. The third-order valence-corrected chi connectivity index (χ3v) is 4.53. The average molecular weight is 327 g/mol. The van der Waals surface area contributed by atoms with Crippen LogP contribution in [0.4, 0.5) is 0 Å². The van der Waals surface area contributed by atoms with Gasteiger partial charge in [0, 0.05) is 23.7 Å². The SMILES string of the molecule is CC(N)CCNC(=O)c1ccc(S(=O)(=O)NC(C)(C)C)cc1. The van der Waals surface area contributed by atoms with Crippen LogP contribution in [0, 0.1) is 0 Å². The number of hydrogen-bond acceptors (Lipinski definition) is 4. The molecule has 1 aromatic carbocycles. The highest BCUT2D eigenvalue weighted by molar-refractivity contribution is 7.89. The van der Waals surface area contributed by atoms with Crippen molar-refractivity contribution in [2.24, 2.45) is 5.73 Å². The summed E-state index contributed by atoms with van der Waals surface area (Å²) in [6, 6.07) is 5.87. The molecule has 22 heavy (non-hydrogen) atoms. The zero-order valence-electron chi connectivity index (χ0n) is 13.5. The Morgan fingerprint density at radius 3 is 2.23 bits per heavy atom. The molecule has 1 atom stereocenters. The lowest BCUT2D eigenvalue weighted by molar-refractivity contribution is 0.0952.